The summed E-state index contributed by atoms with van der Waals surface area (Å²) in [6.45, 7) is 1.76. The number of carbonyl (C=O) groups excluding carboxylic acids is 1. The van der Waals surface area contributed by atoms with Crippen LogP contribution in [0.5, 0.6) is 0 Å². The summed E-state index contributed by atoms with van der Waals surface area (Å²) in [4.78, 5) is 18.9. The van der Waals surface area contributed by atoms with Gasteiger partial charge in [0.25, 0.3) is 0 Å². The molecule has 2 aliphatic heterocycles. The molecule has 1 aromatic heterocycles. The van der Waals surface area contributed by atoms with Gasteiger partial charge in [-0.25, -0.2) is 17.5 Å². The lowest BCUT2D eigenvalue weighted by Gasteiger charge is -2.50. The fourth-order valence-corrected chi connectivity index (χ4v) is 5.84. The third kappa shape index (κ3) is 3.20. The summed E-state index contributed by atoms with van der Waals surface area (Å²) in [7, 11) is -3.32. The Labute approximate surface area is 164 Å². The third-order valence-electron chi connectivity index (χ3n) is 6.77. The average molecular weight is 410 g/mol. The fraction of sp³-hybridized carbons (Fsp3) is 0.833. The topological polar surface area (TPSA) is 109 Å². The van der Waals surface area contributed by atoms with E-state index in [4.69, 9.17) is 4.52 Å². The van der Waals surface area contributed by atoms with E-state index in [1.807, 2.05) is 0 Å². The van der Waals surface area contributed by atoms with Crippen LogP contribution < -0.4 is 5.32 Å². The minimum absolute atomic E-state index is 0.0433. The van der Waals surface area contributed by atoms with Crippen molar-refractivity contribution in [2.75, 3.05) is 32.4 Å². The predicted octanol–water partition coefficient (Wildman–Crippen LogP) is 1.26. The lowest BCUT2D eigenvalue weighted by atomic mass is 9.71. The molecule has 2 saturated heterocycles. The van der Waals surface area contributed by atoms with Crippen LogP contribution in [-0.2, 0) is 10.0 Å². The molecule has 28 heavy (non-hydrogen) atoms. The SMILES string of the molecule is CS(=O)(=O)N1CC(c2nc(C3CC3)no2)C2(CN(C(=O)NC3CCCC3)C2)C1. The van der Waals surface area contributed by atoms with Crippen molar-refractivity contribution in [3.8, 4) is 0 Å². The number of sulfonamides is 1. The van der Waals surface area contributed by atoms with Gasteiger partial charge in [-0.15, -0.1) is 0 Å². The minimum atomic E-state index is -3.32. The highest BCUT2D eigenvalue weighted by atomic mass is 32.2. The highest BCUT2D eigenvalue weighted by molar-refractivity contribution is 7.88. The Bertz CT molecular complexity index is 868. The maximum Gasteiger partial charge on any atom is 0.317 e. The van der Waals surface area contributed by atoms with Crippen LogP contribution in [0.3, 0.4) is 0 Å². The number of hydrogen-bond donors (Lipinski definition) is 1. The molecule has 1 atom stereocenters. The first-order chi connectivity index (χ1) is 13.3. The highest BCUT2D eigenvalue weighted by Gasteiger charge is 2.59. The van der Waals surface area contributed by atoms with Crippen molar-refractivity contribution in [2.24, 2.45) is 5.41 Å². The van der Waals surface area contributed by atoms with Crippen LogP contribution in [0.1, 0.15) is 62.1 Å². The quantitative estimate of drug-likeness (QED) is 0.802. The maximum atomic E-state index is 12.6. The molecule has 5 rings (SSSR count). The number of urea groups is 1. The summed E-state index contributed by atoms with van der Waals surface area (Å²) in [5, 5.41) is 7.22. The van der Waals surface area contributed by atoms with Crippen LogP contribution >= 0.6 is 0 Å². The Balaban J connectivity index is 1.32. The fourth-order valence-electron chi connectivity index (χ4n) is 4.93. The summed E-state index contributed by atoms with van der Waals surface area (Å²) >= 11 is 0. The highest BCUT2D eigenvalue weighted by Crippen LogP contribution is 2.50. The van der Waals surface area contributed by atoms with Gasteiger partial charge in [0.1, 0.15) is 0 Å². The molecule has 154 valence electrons. The van der Waals surface area contributed by atoms with Crippen LogP contribution in [0.15, 0.2) is 4.52 Å². The van der Waals surface area contributed by atoms with Crippen molar-refractivity contribution >= 4 is 16.1 Å². The van der Waals surface area contributed by atoms with E-state index < -0.39 is 10.0 Å². The van der Waals surface area contributed by atoms with Crippen LogP contribution in [0.2, 0.25) is 0 Å². The van der Waals surface area contributed by atoms with E-state index in [9.17, 15) is 13.2 Å². The molecule has 2 saturated carbocycles. The zero-order chi connectivity index (χ0) is 19.5. The van der Waals surface area contributed by atoms with Gasteiger partial charge in [0.15, 0.2) is 5.82 Å². The van der Waals surface area contributed by atoms with Gasteiger partial charge in [-0.1, -0.05) is 18.0 Å². The summed E-state index contributed by atoms with van der Waals surface area (Å²) in [5.41, 5.74) is -0.344. The van der Waals surface area contributed by atoms with Crippen molar-refractivity contribution < 1.29 is 17.7 Å². The Morgan fingerprint density at radius 2 is 1.89 bits per heavy atom. The zero-order valence-electron chi connectivity index (χ0n) is 16.1. The van der Waals surface area contributed by atoms with Gasteiger partial charge >= 0.3 is 6.03 Å². The van der Waals surface area contributed by atoms with Gasteiger partial charge in [-0.2, -0.15) is 4.98 Å². The van der Waals surface area contributed by atoms with Gasteiger partial charge in [-0.05, 0) is 25.7 Å². The summed E-state index contributed by atoms with van der Waals surface area (Å²) in [5.74, 6) is 1.47. The Morgan fingerprint density at radius 3 is 2.54 bits per heavy atom. The molecule has 2 aliphatic carbocycles. The van der Waals surface area contributed by atoms with E-state index in [0.29, 0.717) is 38.0 Å². The number of likely N-dealkylation sites (tertiary alicyclic amines) is 1. The predicted molar refractivity (Wildman–Crippen MR) is 100 cm³/mol. The molecule has 1 unspecified atom stereocenters. The van der Waals surface area contributed by atoms with E-state index in [1.165, 1.54) is 23.4 Å². The molecule has 1 spiro atoms. The molecular weight excluding hydrogens is 382 g/mol. The number of amides is 2. The molecule has 0 bridgehead atoms. The first-order valence-electron chi connectivity index (χ1n) is 10.2. The number of nitrogens with zero attached hydrogens (tertiary/aromatic N) is 4. The molecule has 0 radical (unpaired) electrons. The van der Waals surface area contributed by atoms with E-state index in [0.717, 1.165) is 31.5 Å². The Kier molecular flexibility index (Phi) is 4.20. The van der Waals surface area contributed by atoms with Crippen LogP contribution in [0.25, 0.3) is 0 Å². The maximum absolute atomic E-state index is 12.6. The van der Waals surface area contributed by atoms with Gasteiger partial charge in [0.2, 0.25) is 15.9 Å². The monoisotopic (exact) mass is 409 g/mol. The van der Waals surface area contributed by atoms with Crippen LogP contribution in [0, 0.1) is 5.41 Å². The summed E-state index contributed by atoms with van der Waals surface area (Å²) < 4.78 is 31.4. The molecule has 10 heteroatoms. The van der Waals surface area contributed by atoms with Crippen molar-refractivity contribution in [3.63, 3.8) is 0 Å². The van der Waals surface area contributed by atoms with Crippen molar-refractivity contribution in [2.45, 2.75) is 56.4 Å². The third-order valence-corrected chi connectivity index (χ3v) is 7.98. The summed E-state index contributed by atoms with van der Waals surface area (Å²) in [6, 6.07) is 0.228. The van der Waals surface area contributed by atoms with E-state index in [1.54, 1.807) is 4.90 Å². The van der Waals surface area contributed by atoms with E-state index in [-0.39, 0.29) is 23.4 Å². The second kappa shape index (κ2) is 6.41. The van der Waals surface area contributed by atoms with Crippen molar-refractivity contribution in [1.29, 1.82) is 0 Å². The van der Waals surface area contributed by atoms with Crippen LogP contribution in [-0.4, -0.2) is 72.3 Å². The number of nitrogens with one attached hydrogen (secondary N) is 1. The van der Waals surface area contributed by atoms with Gasteiger partial charge in [-0.3, -0.25) is 0 Å². The van der Waals surface area contributed by atoms with E-state index >= 15 is 0 Å². The molecule has 1 aromatic rings. The molecule has 4 aliphatic rings. The van der Waals surface area contributed by atoms with E-state index in [2.05, 4.69) is 15.5 Å². The lowest BCUT2D eigenvalue weighted by molar-refractivity contribution is 0.0232. The van der Waals surface area contributed by atoms with Gasteiger partial charge < -0.3 is 14.7 Å². The minimum Gasteiger partial charge on any atom is -0.339 e. The van der Waals surface area contributed by atoms with Crippen LogP contribution in [0.4, 0.5) is 4.79 Å². The number of hydrogen-bond acceptors (Lipinski definition) is 6. The van der Waals surface area contributed by atoms with Crippen molar-refractivity contribution in [1.82, 2.24) is 24.7 Å². The molecular formula is C18H27N5O4S. The molecule has 1 N–H and O–H groups in total. The van der Waals surface area contributed by atoms with Gasteiger partial charge in [0, 0.05) is 43.6 Å². The second-order valence-electron chi connectivity index (χ2n) is 9.02. The number of rotatable bonds is 4. The molecule has 4 fully saturated rings. The smallest absolute Gasteiger partial charge is 0.317 e. The Hall–Kier alpha value is -1.68. The average Bonchev–Trinajstić information content (AvgIpc) is 3.02. The number of carbonyl (C=O) groups is 1. The normalized spacial score (nSPS) is 28.0. The lowest BCUT2D eigenvalue weighted by Crippen LogP contribution is -2.64. The first-order valence-corrected chi connectivity index (χ1v) is 12.0. The van der Waals surface area contributed by atoms with Crippen molar-refractivity contribution in [3.05, 3.63) is 11.7 Å². The molecule has 0 aromatic carbocycles. The molecule has 9 nitrogen and oxygen atoms in total. The first kappa shape index (κ1) is 18.4. The second-order valence-corrected chi connectivity index (χ2v) is 11.0. The Morgan fingerprint density at radius 1 is 1.18 bits per heavy atom. The standard InChI is InChI=1S/C18H27N5O4S/c1-28(25,26)23-8-14(16-20-15(21-27-16)12-6-7-12)18(11-23)9-22(10-18)17(24)19-13-4-2-3-5-13/h12-14H,2-11H2,1H3,(H,19,24). The number of aromatic nitrogens is 2. The molecule has 3 heterocycles. The largest absolute Gasteiger partial charge is 0.339 e. The van der Waals surface area contributed by atoms with Gasteiger partial charge in [0.05, 0.1) is 12.2 Å². The zero-order valence-corrected chi connectivity index (χ0v) is 16.9. The summed E-state index contributed by atoms with van der Waals surface area (Å²) in [6.07, 6.45) is 7.82. The molecule has 2 amide bonds.